The molecule has 0 saturated carbocycles. The first-order chi connectivity index (χ1) is 12.3. The minimum atomic E-state index is -0.255. The first-order valence-electron chi connectivity index (χ1n) is 7.99. The number of nitrogens with zero attached hydrogens (tertiary/aromatic N) is 5. The van der Waals surface area contributed by atoms with Crippen LogP contribution in [-0.2, 0) is 0 Å². The Kier molecular flexibility index (Phi) is 4.07. The Labute approximate surface area is 143 Å². The Bertz CT molecular complexity index is 853. The van der Waals surface area contributed by atoms with Gasteiger partial charge in [-0.1, -0.05) is 5.16 Å². The molecule has 0 radical (unpaired) electrons. The number of hydrogen-bond donors (Lipinski definition) is 1. The zero-order valence-corrected chi connectivity index (χ0v) is 13.4. The van der Waals surface area contributed by atoms with Gasteiger partial charge in [-0.2, -0.15) is 0 Å². The number of rotatable bonds is 4. The summed E-state index contributed by atoms with van der Waals surface area (Å²) in [5, 5.41) is 6.49. The Morgan fingerprint density at radius 3 is 3.00 bits per heavy atom. The number of carbonyl (C=O) groups is 1. The van der Waals surface area contributed by atoms with Crippen LogP contribution >= 0.6 is 0 Å². The van der Waals surface area contributed by atoms with Crippen molar-refractivity contribution < 1.29 is 9.32 Å². The molecule has 1 saturated heterocycles. The lowest BCUT2D eigenvalue weighted by Crippen LogP contribution is -2.37. The Morgan fingerprint density at radius 2 is 2.20 bits per heavy atom. The predicted molar refractivity (Wildman–Crippen MR) is 89.9 cm³/mol. The molecule has 4 rings (SSSR count). The first-order valence-corrected chi connectivity index (χ1v) is 7.99. The first kappa shape index (κ1) is 15.3. The molecule has 0 aromatic carbocycles. The number of anilines is 1. The molecule has 3 aromatic heterocycles. The fourth-order valence-corrected chi connectivity index (χ4v) is 2.82. The van der Waals surface area contributed by atoms with Crippen molar-refractivity contribution in [1.29, 1.82) is 0 Å². The largest absolute Gasteiger partial charge is 0.351 e. The molecule has 0 spiro atoms. The summed E-state index contributed by atoms with van der Waals surface area (Å²) in [7, 11) is 0. The Hall–Kier alpha value is -3.29. The molecular weight excluding hydrogens is 320 g/mol. The van der Waals surface area contributed by atoms with Gasteiger partial charge in [0.25, 0.3) is 5.91 Å². The minimum absolute atomic E-state index is 0.0169. The minimum Gasteiger partial charge on any atom is -0.351 e. The summed E-state index contributed by atoms with van der Waals surface area (Å²) in [4.78, 5) is 27.2. The molecule has 0 bridgehead atoms. The monoisotopic (exact) mass is 336 g/mol. The molecule has 1 fully saturated rings. The van der Waals surface area contributed by atoms with Crippen LogP contribution in [0.3, 0.4) is 0 Å². The van der Waals surface area contributed by atoms with E-state index < -0.39 is 0 Å². The van der Waals surface area contributed by atoms with Crippen molar-refractivity contribution in [2.75, 3.05) is 18.0 Å². The lowest BCUT2D eigenvalue weighted by Gasteiger charge is -2.17. The smallest absolute Gasteiger partial charge is 0.290 e. The molecular formula is C17H16N6O2. The van der Waals surface area contributed by atoms with E-state index in [4.69, 9.17) is 4.52 Å². The average molecular weight is 336 g/mol. The predicted octanol–water partition coefficient (Wildman–Crippen LogP) is 1.54. The highest BCUT2D eigenvalue weighted by molar-refractivity contribution is 5.91. The molecule has 126 valence electrons. The Balaban J connectivity index is 1.44. The maximum Gasteiger partial charge on any atom is 0.290 e. The summed E-state index contributed by atoms with van der Waals surface area (Å²) in [5.74, 6) is 0.612. The van der Waals surface area contributed by atoms with E-state index in [2.05, 4.69) is 30.3 Å². The third-order valence-electron chi connectivity index (χ3n) is 4.07. The number of aromatic nitrogens is 4. The second-order valence-corrected chi connectivity index (χ2v) is 5.77. The standard InChI is InChI=1S/C17H16N6O2/c24-16(15-4-8-20-25-15)21-13-5-9-23(11-13)17-19-7-3-14(22-17)12-2-1-6-18-10-12/h1-4,6-8,10,13H,5,9,11H2,(H,21,24). The SMILES string of the molecule is O=C(NC1CCN(c2nccc(-c3cccnc3)n2)C1)c1ccno1. The summed E-state index contributed by atoms with van der Waals surface area (Å²) < 4.78 is 4.88. The van der Waals surface area contributed by atoms with Gasteiger partial charge < -0.3 is 14.7 Å². The fraction of sp³-hybridized carbons (Fsp3) is 0.235. The lowest BCUT2D eigenvalue weighted by atomic mass is 10.2. The molecule has 0 aliphatic carbocycles. The van der Waals surface area contributed by atoms with Gasteiger partial charge in [0, 0.05) is 49.4 Å². The second-order valence-electron chi connectivity index (χ2n) is 5.77. The van der Waals surface area contributed by atoms with E-state index >= 15 is 0 Å². The number of hydrogen-bond acceptors (Lipinski definition) is 7. The van der Waals surface area contributed by atoms with Crippen LogP contribution in [-0.4, -0.2) is 45.1 Å². The topological polar surface area (TPSA) is 97.0 Å². The van der Waals surface area contributed by atoms with Gasteiger partial charge in [0.15, 0.2) is 0 Å². The summed E-state index contributed by atoms with van der Waals surface area (Å²) in [6, 6.07) is 7.26. The van der Waals surface area contributed by atoms with Gasteiger partial charge >= 0.3 is 0 Å². The molecule has 1 unspecified atom stereocenters. The zero-order chi connectivity index (χ0) is 17.1. The van der Waals surface area contributed by atoms with E-state index in [1.165, 1.54) is 6.20 Å². The van der Waals surface area contributed by atoms with Crippen LogP contribution in [0.5, 0.6) is 0 Å². The van der Waals surface area contributed by atoms with E-state index in [1.54, 1.807) is 24.7 Å². The van der Waals surface area contributed by atoms with E-state index in [1.807, 2.05) is 18.2 Å². The van der Waals surface area contributed by atoms with E-state index in [9.17, 15) is 4.79 Å². The molecule has 1 amide bonds. The van der Waals surface area contributed by atoms with Gasteiger partial charge in [-0.3, -0.25) is 9.78 Å². The fourth-order valence-electron chi connectivity index (χ4n) is 2.82. The van der Waals surface area contributed by atoms with Gasteiger partial charge in [0.05, 0.1) is 11.9 Å². The highest BCUT2D eigenvalue weighted by Crippen LogP contribution is 2.21. The normalized spacial score (nSPS) is 16.8. The van der Waals surface area contributed by atoms with Gasteiger partial charge in [-0.05, 0) is 24.6 Å². The van der Waals surface area contributed by atoms with Crippen LogP contribution in [0.4, 0.5) is 5.95 Å². The van der Waals surface area contributed by atoms with E-state index in [0.29, 0.717) is 12.5 Å². The summed E-state index contributed by atoms with van der Waals surface area (Å²) in [5.41, 5.74) is 1.77. The van der Waals surface area contributed by atoms with Crippen LogP contribution in [0.1, 0.15) is 17.0 Å². The third kappa shape index (κ3) is 3.32. The van der Waals surface area contributed by atoms with Crippen LogP contribution in [0.25, 0.3) is 11.3 Å². The van der Waals surface area contributed by atoms with Crippen LogP contribution in [0, 0.1) is 0 Å². The Morgan fingerprint density at radius 1 is 1.24 bits per heavy atom. The number of amides is 1. The molecule has 25 heavy (non-hydrogen) atoms. The summed E-state index contributed by atoms with van der Waals surface area (Å²) in [6.07, 6.45) is 7.52. The molecule has 1 N–H and O–H groups in total. The lowest BCUT2D eigenvalue weighted by molar-refractivity contribution is 0.0903. The molecule has 1 aliphatic rings. The van der Waals surface area contributed by atoms with Crippen molar-refractivity contribution in [3.8, 4) is 11.3 Å². The van der Waals surface area contributed by atoms with Crippen LogP contribution in [0.15, 0.2) is 53.6 Å². The van der Waals surface area contributed by atoms with Crippen molar-refractivity contribution in [1.82, 2.24) is 25.4 Å². The van der Waals surface area contributed by atoms with Crippen molar-refractivity contribution in [2.24, 2.45) is 0 Å². The molecule has 8 nitrogen and oxygen atoms in total. The van der Waals surface area contributed by atoms with Crippen molar-refractivity contribution in [2.45, 2.75) is 12.5 Å². The highest BCUT2D eigenvalue weighted by Gasteiger charge is 2.26. The van der Waals surface area contributed by atoms with Crippen molar-refractivity contribution in [3.63, 3.8) is 0 Å². The maximum absolute atomic E-state index is 12.0. The zero-order valence-electron chi connectivity index (χ0n) is 13.4. The van der Waals surface area contributed by atoms with Gasteiger partial charge in [-0.15, -0.1) is 0 Å². The second kappa shape index (κ2) is 6.68. The molecule has 3 aromatic rings. The third-order valence-corrected chi connectivity index (χ3v) is 4.07. The van der Waals surface area contributed by atoms with Gasteiger partial charge in [0.1, 0.15) is 0 Å². The molecule has 1 atom stereocenters. The number of nitrogens with one attached hydrogen (secondary N) is 1. The van der Waals surface area contributed by atoms with Crippen LogP contribution < -0.4 is 10.2 Å². The van der Waals surface area contributed by atoms with Crippen molar-refractivity contribution in [3.05, 3.63) is 54.8 Å². The number of carbonyl (C=O) groups excluding carboxylic acids is 1. The molecule has 4 heterocycles. The van der Waals surface area contributed by atoms with Crippen LogP contribution in [0.2, 0.25) is 0 Å². The highest BCUT2D eigenvalue weighted by atomic mass is 16.5. The quantitative estimate of drug-likeness (QED) is 0.771. The van der Waals surface area contributed by atoms with Gasteiger partial charge in [0.2, 0.25) is 11.7 Å². The molecule has 8 heteroatoms. The number of pyridine rings is 1. The van der Waals surface area contributed by atoms with Gasteiger partial charge in [-0.25, -0.2) is 9.97 Å². The average Bonchev–Trinajstić information content (AvgIpc) is 3.35. The molecule has 1 aliphatic heterocycles. The summed E-state index contributed by atoms with van der Waals surface area (Å²) >= 11 is 0. The van der Waals surface area contributed by atoms with Crippen molar-refractivity contribution >= 4 is 11.9 Å². The summed E-state index contributed by atoms with van der Waals surface area (Å²) in [6.45, 7) is 1.42. The van der Waals surface area contributed by atoms with E-state index in [-0.39, 0.29) is 17.7 Å². The maximum atomic E-state index is 12.0. The van der Waals surface area contributed by atoms with E-state index in [0.717, 1.165) is 24.2 Å².